The molecule has 0 spiro atoms. The van der Waals surface area contributed by atoms with Crippen molar-refractivity contribution in [1.82, 2.24) is 0 Å². The highest BCUT2D eigenvalue weighted by Crippen LogP contribution is 2.06. The van der Waals surface area contributed by atoms with Crippen LogP contribution in [0.1, 0.15) is 6.42 Å². The zero-order valence-corrected chi connectivity index (χ0v) is 10.3. The third kappa shape index (κ3) is 5.94. The van der Waals surface area contributed by atoms with Crippen molar-refractivity contribution in [2.24, 2.45) is 11.5 Å². The van der Waals surface area contributed by atoms with Gasteiger partial charge in [0.15, 0.2) is 0 Å². The first kappa shape index (κ1) is 15.2. The lowest BCUT2D eigenvalue weighted by molar-refractivity contribution is -0.142. The molecule has 2 unspecified atom stereocenters. The van der Waals surface area contributed by atoms with E-state index in [1.54, 1.807) is 0 Å². The van der Waals surface area contributed by atoms with Crippen molar-refractivity contribution >= 4 is 23.7 Å². The van der Waals surface area contributed by atoms with E-state index in [0.29, 0.717) is 17.9 Å². The van der Waals surface area contributed by atoms with E-state index in [1.165, 1.54) is 26.0 Å². The molecule has 2 atom stereocenters. The minimum atomic E-state index is -0.635. The Balaban J connectivity index is 3.60. The standard InChI is InChI=1S/C9H18N2O4S/c1-14-8(12)6(10)3-4-16-5-7(11)9(13)15-2/h6-7H,3-5,10-11H2,1-2H3. The number of carbonyl (C=O) groups excluding carboxylic acids is 2. The molecule has 0 bridgehead atoms. The van der Waals surface area contributed by atoms with Crippen molar-refractivity contribution in [1.29, 1.82) is 0 Å². The lowest BCUT2D eigenvalue weighted by Gasteiger charge is -2.10. The summed E-state index contributed by atoms with van der Waals surface area (Å²) in [6.07, 6.45) is 0.491. The van der Waals surface area contributed by atoms with Crippen LogP contribution in [-0.2, 0) is 19.1 Å². The Morgan fingerprint density at radius 1 is 1.12 bits per heavy atom. The quantitative estimate of drug-likeness (QED) is 0.446. The summed E-state index contributed by atoms with van der Waals surface area (Å²) in [6.45, 7) is 0. The van der Waals surface area contributed by atoms with E-state index in [1.807, 2.05) is 0 Å². The van der Waals surface area contributed by atoms with E-state index in [9.17, 15) is 9.59 Å². The third-order valence-corrected chi connectivity index (χ3v) is 3.00. The topological polar surface area (TPSA) is 105 Å². The van der Waals surface area contributed by atoms with Gasteiger partial charge in [-0.05, 0) is 12.2 Å². The summed E-state index contributed by atoms with van der Waals surface area (Å²) in [5, 5.41) is 0. The summed E-state index contributed by atoms with van der Waals surface area (Å²) in [6, 6.07) is -1.25. The summed E-state index contributed by atoms with van der Waals surface area (Å²) in [5.74, 6) is 0.212. The van der Waals surface area contributed by atoms with Crippen LogP contribution in [0.25, 0.3) is 0 Å². The molecule has 0 aromatic rings. The van der Waals surface area contributed by atoms with Crippen molar-refractivity contribution in [3.8, 4) is 0 Å². The Labute approximate surface area is 99.0 Å². The van der Waals surface area contributed by atoms with Gasteiger partial charge in [-0.3, -0.25) is 9.59 Å². The molecular formula is C9H18N2O4S. The SMILES string of the molecule is COC(=O)C(N)CCSCC(N)C(=O)OC. The molecule has 0 fully saturated rings. The Bertz CT molecular complexity index is 214. The van der Waals surface area contributed by atoms with Crippen LogP contribution in [0.5, 0.6) is 0 Å². The first-order valence-electron chi connectivity index (χ1n) is 4.77. The van der Waals surface area contributed by atoms with Gasteiger partial charge in [0.2, 0.25) is 0 Å². The van der Waals surface area contributed by atoms with Crippen LogP contribution in [0, 0.1) is 0 Å². The summed E-state index contributed by atoms with van der Waals surface area (Å²) >= 11 is 1.45. The molecule has 0 radical (unpaired) electrons. The molecule has 0 aliphatic heterocycles. The monoisotopic (exact) mass is 250 g/mol. The van der Waals surface area contributed by atoms with Gasteiger partial charge in [-0.25, -0.2) is 0 Å². The lowest BCUT2D eigenvalue weighted by atomic mass is 10.2. The second-order valence-corrected chi connectivity index (χ2v) is 4.27. The fourth-order valence-electron chi connectivity index (χ4n) is 0.909. The predicted molar refractivity (Wildman–Crippen MR) is 61.9 cm³/mol. The van der Waals surface area contributed by atoms with Gasteiger partial charge in [-0.2, -0.15) is 11.8 Å². The normalized spacial score (nSPS) is 14.0. The number of nitrogens with two attached hydrogens (primary N) is 2. The Morgan fingerprint density at radius 2 is 1.62 bits per heavy atom. The fraction of sp³-hybridized carbons (Fsp3) is 0.778. The van der Waals surface area contributed by atoms with Gasteiger partial charge in [0.1, 0.15) is 12.1 Å². The highest BCUT2D eigenvalue weighted by atomic mass is 32.2. The molecule has 0 aliphatic carbocycles. The van der Waals surface area contributed by atoms with Crippen molar-refractivity contribution in [2.75, 3.05) is 25.7 Å². The Morgan fingerprint density at radius 3 is 2.12 bits per heavy atom. The summed E-state index contributed by atoms with van der Waals surface area (Å²) in [5.41, 5.74) is 11.0. The molecule has 0 heterocycles. The Kier molecular flexibility index (Phi) is 7.96. The van der Waals surface area contributed by atoms with Crippen molar-refractivity contribution < 1.29 is 19.1 Å². The minimum absolute atomic E-state index is 0.433. The van der Waals surface area contributed by atoms with Crippen LogP contribution in [0.2, 0.25) is 0 Å². The summed E-state index contributed by atoms with van der Waals surface area (Å²) < 4.78 is 8.94. The Hall–Kier alpha value is -0.790. The number of ether oxygens (including phenoxy) is 2. The number of hydrogen-bond donors (Lipinski definition) is 2. The average molecular weight is 250 g/mol. The van der Waals surface area contributed by atoms with Gasteiger partial charge in [0.05, 0.1) is 14.2 Å². The maximum Gasteiger partial charge on any atom is 0.323 e. The van der Waals surface area contributed by atoms with Gasteiger partial charge < -0.3 is 20.9 Å². The van der Waals surface area contributed by atoms with Gasteiger partial charge in [0, 0.05) is 5.75 Å². The van der Waals surface area contributed by atoms with E-state index in [4.69, 9.17) is 11.5 Å². The van der Waals surface area contributed by atoms with Crippen LogP contribution in [0.15, 0.2) is 0 Å². The van der Waals surface area contributed by atoms with Crippen LogP contribution in [0.3, 0.4) is 0 Å². The molecule has 6 nitrogen and oxygen atoms in total. The largest absolute Gasteiger partial charge is 0.468 e. The van der Waals surface area contributed by atoms with E-state index in [2.05, 4.69) is 9.47 Å². The van der Waals surface area contributed by atoms with Crippen LogP contribution >= 0.6 is 11.8 Å². The van der Waals surface area contributed by atoms with Gasteiger partial charge in [0.25, 0.3) is 0 Å². The van der Waals surface area contributed by atoms with E-state index >= 15 is 0 Å². The van der Waals surface area contributed by atoms with Crippen LogP contribution in [0.4, 0.5) is 0 Å². The van der Waals surface area contributed by atoms with Gasteiger partial charge in [-0.1, -0.05) is 0 Å². The first-order valence-corrected chi connectivity index (χ1v) is 5.93. The number of thioether (sulfide) groups is 1. The highest BCUT2D eigenvalue weighted by molar-refractivity contribution is 7.99. The van der Waals surface area contributed by atoms with Crippen molar-refractivity contribution in [3.63, 3.8) is 0 Å². The molecule has 0 aromatic heterocycles. The fourth-order valence-corrected chi connectivity index (χ4v) is 1.89. The van der Waals surface area contributed by atoms with E-state index in [0.717, 1.165) is 0 Å². The molecule has 0 aliphatic rings. The molecule has 7 heteroatoms. The molecule has 0 aromatic carbocycles. The molecule has 0 saturated heterocycles. The second-order valence-electron chi connectivity index (χ2n) is 3.12. The van der Waals surface area contributed by atoms with Gasteiger partial charge in [-0.15, -0.1) is 0 Å². The van der Waals surface area contributed by atoms with Crippen LogP contribution in [-0.4, -0.2) is 49.7 Å². The first-order chi connectivity index (χ1) is 7.52. The van der Waals surface area contributed by atoms with Crippen molar-refractivity contribution in [2.45, 2.75) is 18.5 Å². The number of hydrogen-bond acceptors (Lipinski definition) is 7. The van der Waals surface area contributed by atoms with Crippen molar-refractivity contribution in [3.05, 3.63) is 0 Å². The van der Waals surface area contributed by atoms with Gasteiger partial charge >= 0.3 is 11.9 Å². The predicted octanol–water partition coefficient (Wildman–Crippen LogP) is -0.890. The molecule has 94 valence electrons. The molecule has 4 N–H and O–H groups in total. The number of rotatable bonds is 7. The number of methoxy groups -OCH3 is 2. The maximum atomic E-state index is 10.9. The smallest absolute Gasteiger partial charge is 0.323 e. The number of carbonyl (C=O) groups is 2. The minimum Gasteiger partial charge on any atom is -0.468 e. The second kappa shape index (κ2) is 8.37. The average Bonchev–Trinajstić information content (AvgIpc) is 2.31. The molecule has 0 saturated carbocycles. The zero-order chi connectivity index (χ0) is 12.6. The third-order valence-electron chi connectivity index (χ3n) is 1.88. The van der Waals surface area contributed by atoms with Crippen LogP contribution < -0.4 is 11.5 Å². The lowest BCUT2D eigenvalue weighted by Crippen LogP contribution is -2.35. The van der Waals surface area contributed by atoms with E-state index in [-0.39, 0.29) is 0 Å². The summed E-state index contributed by atoms with van der Waals surface area (Å²) in [4.78, 5) is 21.9. The molecule has 0 rings (SSSR count). The van der Waals surface area contributed by atoms with E-state index < -0.39 is 24.0 Å². The number of esters is 2. The molecular weight excluding hydrogens is 232 g/mol. The highest BCUT2D eigenvalue weighted by Gasteiger charge is 2.15. The molecule has 16 heavy (non-hydrogen) atoms. The molecule has 0 amide bonds. The summed E-state index contributed by atoms with van der Waals surface area (Å²) in [7, 11) is 2.59. The maximum absolute atomic E-state index is 10.9. The zero-order valence-electron chi connectivity index (χ0n) is 9.47.